The molecule has 35 heavy (non-hydrogen) atoms. The molecule has 0 saturated heterocycles. The predicted molar refractivity (Wildman–Crippen MR) is 127 cm³/mol. The molecule has 0 amide bonds. The van der Waals surface area contributed by atoms with Gasteiger partial charge in [-0.15, -0.1) is 0 Å². The Bertz CT molecular complexity index is 1320. The van der Waals surface area contributed by atoms with Gasteiger partial charge >= 0.3 is 5.71 Å². The lowest BCUT2D eigenvalue weighted by Gasteiger charge is -2.08. The lowest BCUT2D eigenvalue weighted by atomic mass is 9.99. The topological polar surface area (TPSA) is 157 Å². The summed E-state index contributed by atoms with van der Waals surface area (Å²) >= 11 is 0. The van der Waals surface area contributed by atoms with E-state index >= 15 is 0 Å². The number of Topliss-reactive ketones (excluding diaryl/α,β-unsaturated/α-hetero) is 2. The number of hydrogen-bond acceptors (Lipinski definition) is 8. The van der Waals surface area contributed by atoms with E-state index < -0.39 is 35.4 Å². The van der Waals surface area contributed by atoms with Gasteiger partial charge in [0, 0.05) is 34.2 Å². The predicted octanol–water partition coefficient (Wildman–Crippen LogP) is 2.93. The second kappa shape index (κ2) is 11.8. The standard InChI is InChI=1S/C21H20Cl2N2O8S2/c1-32-17-9-5-13(11-19(17)34(22,28)29)3-7-15(26)21(25-24)16(27)8-4-14-6-10-18(33-2)20(12-14)35(23,30)31/h5-6,9-12H,3-4,7-8H2,1-2H3. The Kier molecular flexibility index (Phi) is 9.59. The van der Waals surface area contributed by atoms with Crippen molar-refractivity contribution in [3.8, 4) is 11.5 Å². The lowest BCUT2D eigenvalue weighted by molar-refractivity contribution is -0.124. The number of nitrogens with zero attached hydrogens (tertiary/aromatic N) is 2. The number of methoxy groups -OCH3 is 2. The fourth-order valence-electron chi connectivity index (χ4n) is 3.15. The van der Waals surface area contributed by atoms with E-state index in [2.05, 4.69) is 4.79 Å². The van der Waals surface area contributed by atoms with E-state index in [0.29, 0.717) is 11.1 Å². The summed E-state index contributed by atoms with van der Waals surface area (Å²) in [5.41, 5.74) is 9.39. The van der Waals surface area contributed by atoms with E-state index in [1.807, 2.05) is 0 Å². The molecular formula is C21H20Cl2N2O8S2. The van der Waals surface area contributed by atoms with Gasteiger partial charge in [0.25, 0.3) is 18.1 Å². The second-order valence-corrected chi connectivity index (χ2v) is 12.2. The van der Waals surface area contributed by atoms with Gasteiger partial charge in [-0.1, -0.05) is 12.1 Å². The highest BCUT2D eigenvalue weighted by Gasteiger charge is 2.29. The summed E-state index contributed by atoms with van der Waals surface area (Å²) in [4.78, 5) is 27.3. The first-order valence-corrected chi connectivity index (χ1v) is 14.4. The van der Waals surface area contributed by atoms with Crippen molar-refractivity contribution in [1.82, 2.24) is 0 Å². The third kappa shape index (κ3) is 7.61. The van der Waals surface area contributed by atoms with Crippen LogP contribution in [0, 0.1) is 0 Å². The van der Waals surface area contributed by atoms with Crippen molar-refractivity contribution in [2.24, 2.45) is 0 Å². The Morgan fingerprint density at radius 3 is 1.46 bits per heavy atom. The molecule has 0 spiro atoms. The first-order chi connectivity index (χ1) is 16.3. The van der Waals surface area contributed by atoms with E-state index in [9.17, 15) is 32.0 Å². The van der Waals surface area contributed by atoms with E-state index in [0.717, 1.165) is 0 Å². The molecule has 0 heterocycles. The summed E-state index contributed by atoms with van der Waals surface area (Å²) in [7, 11) is 5.17. The maximum absolute atomic E-state index is 12.5. The second-order valence-electron chi connectivity index (χ2n) is 7.14. The molecular weight excluding hydrogens is 543 g/mol. The monoisotopic (exact) mass is 562 g/mol. The molecule has 0 fully saturated rings. The number of ketones is 2. The van der Waals surface area contributed by atoms with Crippen LogP contribution in [-0.2, 0) is 40.5 Å². The number of ether oxygens (including phenoxy) is 2. The number of aryl methyl sites for hydroxylation is 2. The molecule has 0 N–H and O–H groups in total. The third-order valence-electron chi connectivity index (χ3n) is 4.89. The first-order valence-electron chi connectivity index (χ1n) is 9.83. The molecule has 0 atom stereocenters. The average molecular weight is 563 g/mol. The average Bonchev–Trinajstić information content (AvgIpc) is 2.80. The molecule has 0 radical (unpaired) electrons. The zero-order valence-electron chi connectivity index (χ0n) is 18.5. The van der Waals surface area contributed by atoms with E-state index in [-0.39, 0.29) is 47.0 Å². The van der Waals surface area contributed by atoms with Gasteiger partial charge < -0.3 is 15.0 Å². The van der Waals surface area contributed by atoms with Gasteiger partial charge in [-0.3, -0.25) is 9.59 Å². The molecule has 2 aromatic rings. The van der Waals surface area contributed by atoms with Crippen LogP contribution in [0.3, 0.4) is 0 Å². The molecule has 2 aromatic carbocycles. The Morgan fingerprint density at radius 1 is 0.800 bits per heavy atom. The van der Waals surface area contributed by atoms with Gasteiger partial charge in [0.05, 0.1) is 14.2 Å². The quantitative estimate of drug-likeness (QED) is 0.125. The molecule has 0 aliphatic heterocycles. The number of rotatable bonds is 12. The van der Waals surface area contributed by atoms with Gasteiger partial charge in [-0.25, -0.2) is 16.8 Å². The summed E-state index contributed by atoms with van der Waals surface area (Å²) in [6, 6.07) is 8.32. The third-order valence-corrected chi connectivity index (χ3v) is 7.58. The molecule has 0 aliphatic rings. The number of carbonyl (C=O) groups is 2. The minimum absolute atomic E-state index is 0.0317. The first kappa shape index (κ1) is 28.5. The SMILES string of the molecule is COc1ccc(CCC(=O)C(=[N+]=[N-])C(=O)CCc2ccc(OC)c(S(=O)(=O)Cl)c2)cc1S(=O)(=O)Cl. The van der Waals surface area contributed by atoms with Crippen LogP contribution in [0.1, 0.15) is 24.0 Å². The number of halogens is 2. The molecule has 2 rings (SSSR count). The highest BCUT2D eigenvalue weighted by Crippen LogP contribution is 2.29. The van der Waals surface area contributed by atoms with Crippen LogP contribution in [0.15, 0.2) is 46.2 Å². The largest absolute Gasteiger partial charge is 0.495 e. The highest BCUT2D eigenvalue weighted by molar-refractivity contribution is 8.14. The van der Waals surface area contributed by atoms with Crippen molar-refractivity contribution in [2.45, 2.75) is 35.5 Å². The molecule has 0 unspecified atom stereocenters. The molecule has 0 aromatic heterocycles. The fraction of sp³-hybridized carbons (Fsp3) is 0.286. The van der Waals surface area contributed by atoms with Crippen LogP contribution in [0.4, 0.5) is 0 Å². The molecule has 188 valence electrons. The summed E-state index contributed by atoms with van der Waals surface area (Å²) in [5.74, 6) is -1.46. The molecule has 0 bridgehead atoms. The van der Waals surface area contributed by atoms with Crippen LogP contribution in [-0.4, -0.2) is 53.1 Å². The summed E-state index contributed by atoms with van der Waals surface area (Å²) in [6.07, 6.45) is -0.444. The molecule has 14 heteroatoms. The van der Waals surface area contributed by atoms with Gasteiger partial charge in [0.1, 0.15) is 21.3 Å². The fourth-order valence-corrected chi connectivity index (χ4v) is 5.25. The number of carbonyl (C=O) groups excluding carboxylic acids is 2. The Hall–Kier alpha value is -2.76. The Balaban J connectivity index is 2.09. The lowest BCUT2D eigenvalue weighted by Crippen LogP contribution is -2.26. The summed E-state index contributed by atoms with van der Waals surface area (Å²) in [6.45, 7) is 0. The van der Waals surface area contributed by atoms with E-state index in [1.165, 1.54) is 50.6 Å². The smallest absolute Gasteiger partial charge is 0.400 e. The van der Waals surface area contributed by atoms with Crippen LogP contribution in [0.25, 0.3) is 5.53 Å². The van der Waals surface area contributed by atoms with Crippen molar-refractivity contribution in [3.63, 3.8) is 0 Å². The molecule has 0 aliphatic carbocycles. The van der Waals surface area contributed by atoms with Crippen molar-refractivity contribution in [3.05, 3.63) is 53.1 Å². The van der Waals surface area contributed by atoms with E-state index in [1.54, 1.807) is 0 Å². The summed E-state index contributed by atoms with van der Waals surface area (Å²) < 4.78 is 56.8. The van der Waals surface area contributed by atoms with Crippen LogP contribution >= 0.6 is 21.4 Å². The highest BCUT2D eigenvalue weighted by atomic mass is 35.7. The molecule has 0 saturated carbocycles. The van der Waals surface area contributed by atoms with Gasteiger partial charge in [0.2, 0.25) is 11.6 Å². The Labute approximate surface area is 211 Å². The maximum atomic E-state index is 12.5. The number of benzene rings is 2. The minimum atomic E-state index is -4.10. The van der Waals surface area contributed by atoms with Crippen LogP contribution < -0.4 is 9.47 Å². The van der Waals surface area contributed by atoms with Gasteiger partial charge in [-0.2, -0.15) is 4.79 Å². The van der Waals surface area contributed by atoms with Crippen LogP contribution in [0.2, 0.25) is 0 Å². The van der Waals surface area contributed by atoms with Crippen molar-refractivity contribution >= 4 is 56.7 Å². The maximum Gasteiger partial charge on any atom is 0.400 e. The van der Waals surface area contributed by atoms with Crippen LogP contribution in [0.5, 0.6) is 11.5 Å². The van der Waals surface area contributed by atoms with Crippen molar-refractivity contribution < 1.29 is 40.7 Å². The minimum Gasteiger partial charge on any atom is -0.495 e. The number of hydrogen-bond donors (Lipinski definition) is 0. The van der Waals surface area contributed by atoms with Gasteiger partial charge in [0.15, 0.2) is 0 Å². The zero-order chi connectivity index (χ0) is 26.4. The molecule has 10 nitrogen and oxygen atoms in total. The Morgan fingerprint density at radius 2 is 1.17 bits per heavy atom. The van der Waals surface area contributed by atoms with Crippen molar-refractivity contribution in [2.75, 3.05) is 14.2 Å². The normalized spacial score (nSPS) is 11.4. The zero-order valence-corrected chi connectivity index (χ0v) is 21.7. The van der Waals surface area contributed by atoms with Gasteiger partial charge in [-0.05, 0) is 48.2 Å². The summed E-state index contributed by atoms with van der Waals surface area (Å²) in [5, 5.41) is 0. The van der Waals surface area contributed by atoms with Crippen molar-refractivity contribution in [1.29, 1.82) is 0 Å². The van der Waals surface area contributed by atoms with E-state index in [4.69, 9.17) is 30.8 Å².